The second-order valence-corrected chi connectivity index (χ2v) is 7.52. The van der Waals surface area contributed by atoms with Crippen LogP contribution in [-0.2, 0) is 13.6 Å². The molecule has 0 N–H and O–H groups in total. The predicted octanol–water partition coefficient (Wildman–Crippen LogP) is 5.26. The molecule has 1 aromatic carbocycles. The van der Waals surface area contributed by atoms with Crippen LogP contribution in [0.4, 0.5) is 13.2 Å². The maximum atomic E-state index is 13.8. The summed E-state index contributed by atoms with van der Waals surface area (Å²) in [6, 6.07) is 7.39. The van der Waals surface area contributed by atoms with Crippen molar-refractivity contribution in [3.8, 4) is 17.0 Å². The molecule has 0 saturated heterocycles. The number of halogens is 5. The predicted molar refractivity (Wildman–Crippen MR) is 121 cm³/mol. The molecule has 0 unspecified atom stereocenters. The fourth-order valence-corrected chi connectivity index (χ4v) is 3.51. The maximum Gasteiger partial charge on any atom is 0.387 e. The summed E-state index contributed by atoms with van der Waals surface area (Å²) in [6.07, 6.45) is 7.79. The van der Waals surface area contributed by atoms with E-state index in [9.17, 15) is 18.0 Å². The van der Waals surface area contributed by atoms with E-state index in [1.54, 1.807) is 47.4 Å². The fraction of sp³-hybridized carbons (Fsp3) is 0.318. The van der Waals surface area contributed by atoms with Gasteiger partial charge in [-0.1, -0.05) is 0 Å². The van der Waals surface area contributed by atoms with Gasteiger partial charge in [0.05, 0.1) is 12.0 Å². The zero-order valence-corrected chi connectivity index (χ0v) is 19.3. The number of benzene rings is 1. The van der Waals surface area contributed by atoms with Crippen molar-refractivity contribution in [2.45, 2.75) is 38.5 Å². The van der Waals surface area contributed by atoms with Gasteiger partial charge in [-0.25, -0.2) is 9.37 Å². The number of carbonyl (C=O) groups excluding carboxylic acids is 1. The van der Waals surface area contributed by atoms with E-state index >= 15 is 0 Å². The molecular weight excluding hydrogens is 480 g/mol. The number of ether oxygens (including phenoxy) is 1. The van der Waals surface area contributed by atoms with Crippen LogP contribution in [0.1, 0.15) is 35.3 Å². The molecule has 33 heavy (non-hydrogen) atoms. The molecule has 1 aliphatic rings. The highest BCUT2D eigenvalue weighted by atomic mass is 35.5. The standard InChI is InChI=1S/C22H21F3N4O2.2ClH/c1-28-12-19(27-13-28)21(30)29(16-3-2-4-16)11-14-7-8-26-18(9-14)15-5-6-17(23)20(10-15)31-22(24)25;;/h5-10,12-13,16,22H,2-4,11H2,1H3;2*1H. The minimum Gasteiger partial charge on any atom is -0.432 e. The molecule has 0 bridgehead atoms. The molecule has 178 valence electrons. The lowest BCUT2D eigenvalue weighted by atomic mass is 9.90. The van der Waals surface area contributed by atoms with E-state index < -0.39 is 18.2 Å². The Morgan fingerprint density at radius 2 is 1.97 bits per heavy atom. The van der Waals surface area contributed by atoms with E-state index in [1.165, 1.54) is 12.1 Å². The van der Waals surface area contributed by atoms with E-state index in [-0.39, 0.29) is 36.8 Å². The average molecular weight is 503 g/mol. The molecule has 4 rings (SSSR count). The van der Waals surface area contributed by atoms with Crippen molar-refractivity contribution in [3.63, 3.8) is 0 Å². The van der Waals surface area contributed by atoms with Gasteiger partial charge in [0.1, 0.15) is 5.69 Å². The third-order valence-corrected chi connectivity index (χ3v) is 5.32. The minimum atomic E-state index is -3.13. The van der Waals surface area contributed by atoms with E-state index in [4.69, 9.17) is 0 Å². The SMILES string of the molecule is Cl.Cl.Cn1cnc(C(=O)N(Cc2ccnc(-c3ccc(F)c(OC(F)F)c3)c2)C2CCC2)c1. The molecule has 0 radical (unpaired) electrons. The van der Waals surface area contributed by atoms with Crippen LogP contribution < -0.4 is 4.74 Å². The number of carbonyl (C=O) groups is 1. The molecule has 1 fully saturated rings. The monoisotopic (exact) mass is 502 g/mol. The smallest absolute Gasteiger partial charge is 0.387 e. The number of rotatable bonds is 7. The number of aromatic nitrogens is 3. The van der Waals surface area contributed by atoms with Gasteiger partial charge in [0.25, 0.3) is 5.91 Å². The molecule has 3 aromatic rings. The van der Waals surface area contributed by atoms with Crippen LogP contribution >= 0.6 is 24.8 Å². The number of aryl methyl sites for hydroxylation is 1. The molecule has 2 aromatic heterocycles. The first-order chi connectivity index (χ1) is 14.9. The van der Waals surface area contributed by atoms with Crippen molar-refractivity contribution in [2.24, 2.45) is 7.05 Å². The van der Waals surface area contributed by atoms with Gasteiger partial charge in [0.2, 0.25) is 0 Å². The van der Waals surface area contributed by atoms with Gasteiger partial charge in [-0.3, -0.25) is 9.78 Å². The van der Waals surface area contributed by atoms with Crippen molar-refractivity contribution >= 4 is 30.7 Å². The first-order valence-corrected chi connectivity index (χ1v) is 9.89. The number of hydrogen-bond acceptors (Lipinski definition) is 4. The summed E-state index contributed by atoms with van der Waals surface area (Å²) in [5, 5.41) is 0. The van der Waals surface area contributed by atoms with Crippen LogP contribution in [-0.4, -0.2) is 38.0 Å². The molecule has 0 aliphatic heterocycles. The number of nitrogens with zero attached hydrogens (tertiary/aromatic N) is 4. The zero-order valence-electron chi connectivity index (χ0n) is 17.7. The molecule has 11 heteroatoms. The summed E-state index contributed by atoms with van der Waals surface area (Å²) in [6.45, 7) is -2.77. The number of alkyl halides is 2. The summed E-state index contributed by atoms with van der Waals surface area (Å²) in [5.41, 5.74) is 2.11. The molecular formula is C22H23Cl2F3N4O2. The Morgan fingerprint density at radius 3 is 2.58 bits per heavy atom. The molecule has 2 heterocycles. The molecule has 1 aliphatic carbocycles. The molecule has 1 amide bonds. The van der Waals surface area contributed by atoms with Gasteiger partial charge in [-0.15, -0.1) is 24.8 Å². The normalized spacial score (nSPS) is 13.0. The van der Waals surface area contributed by atoms with Crippen LogP contribution in [0.5, 0.6) is 5.75 Å². The Hall–Kier alpha value is -2.78. The number of pyridine rings is 1. The van der Waals surface area contributed by atoms with E-state index in [2.05, 4.69) is 14.7 Å². The van der Waals surface area contributed by atoms with Gasteiger partial charge in [-0.2, -0.15) is 8.78 Å². The Kier molecular flexibility index (Phi) is 9.13. The summed E-state index contributed by atoms with van der Waals surface area (Å²) in [5.74, 6) is -1.56. The van der Waals surface area contributed by atoms with Gasteiger partial charge in [-0.05, 0) is 55.2 Å². The molecule has 6 nitrogen and oxygen atoms in total. The third-order valence-electron chi connectivity index (χ3n) is 5.32. The first-order valence-electron chi connectivity index (χ1n) is 9.89. The van der Waals surface area contributed by atoms with Gasteiger partial charge < -0.3 is 14.2 Å². The Bertz CT molecular complexity index is 1090. The molecule has 1 saturated carbocycles. The van der Waals surface area contributed by atoms with Crippen LogP contribution in [0.2, 0.25) is 0 Å². The zero-order chi connectivity index (χ0) is 22.0. The Labute approximate surface area is 201 Å². The number of imidazole rings is 1. The van der Waals surface area contributed by atoms with Crippen LogP contribution in [0.15, 0.2) is 49.1 Å². The maximum absolute atomic E-state index is 13.8. The van der Waals surface area contributed by atoms with Gasteiger partial charge in [0, 0.05) is 37.6 Å². The minimum absolute atomic E-state index is 0. The lowest BCUT2D eigenvalue weighted by Gasteiger charge is -2.37. The van der Waals surface area contributed by atoms with Crippen molar-refractivity contribution in [1.29, 1.82) is 0 Å². The summed E-state index contributed by atoms with van der Waals surface area (Å²) in [7, 11) is 1.81. The topological polar surface area (TPSA) is 60.2 Å². The largest absolute Gasteiger partial charge is 0.432 e. The van der Waals surface area contributed by atoms with Crippen molar-refractivity contribution < 1.29 is 22.7 Å². The second kappa shape index (κ2) is 11.4. The highest BCUT2D eigenvalue weighted by molar-refractivity contribution is 5.92. The number of hydrogen-bond donors (Lipinski definition) is 0. The highest BCUT2D eigenvalue weighted by Crippen LogP contribution is 2.30. The Morgan fingerprint density at radius 1 is 1.21 bits per heavy atom. The fourth-order valence-electron chi connectivity index (χ4n) is 3.51. The van der Waals surface area contributed by atoms with Crippen LogP contribution in [0.25, 0.3) is 11.3 Å². The van der Waals surface area contributed by atoms with E-state index in [1.807, 2.05) is 0 Å². The van der Waals surface area contributed by atoms with Crippen molar-refractivity contribution in [1.82, 2.24) is 19.4 Å². The average Bonchev–Trinajstić information content (AvgIpc) is 3.13. The third kappa shape index (κ3) is 6.17. The van der Waals surface area contributed by atoms with E-state index in [0.29, 0.717) is 23.5 Å². The second-order valence-electron chi connectivity index (χ2n) is 7.52. The Balaban J connectivity index is 0.00000193. The summed E-state index contributed by atoms with van der Waals surface area (Å²) < 4.78 is 44.8. The lowest BCUT2D eigenvalue weighted by Crippen LogP contribution is -2.43. The van der Waals surface area contributed by atoms with Crippen molar-refractivity contribution in [3.05, 3.63) is 66.1 Å². The van der Waals surface area contributed by atoms with E-state index in [0.717, 1.165) is 30.9 Å². The van der Waals surface area contributed by atoms with Gasteiger partial charge in [0.15, 0.2) is 11.6 Å². The highest BCUT2D eigenvalue weighted by Gasteiger charge is 2.30. The number of amides is 1. The summed E-state index contributed by atoms with van der Waals surface area (Å²) in [4.78, 5) is 23.3. The molecule has 0 atom stereocenters. The van der Waals surface area contributed by atoms with Crippen molar-refractivity contribution in [2.75, 3.05) is 0 Å². The summed E-state index contributed by atoms with van der Waals surface area (Å²) >= 11 is 0. The van der Waals surface area contributed by atoms with Crippen LogP contribution in [0.3, 0.4) is 0 Å². The molecule has 0 spiro atoms. The first kappa shape index (κ1) is 26.5. The lowest BCUT2D eigenvalue weighted by molar-refractivity contribution is -0.0521. The van der Waals surface area contributed by atoms with Gasteiger partial charge >= 0.3 is 6.61 Å². The van der Waals surface area contributed by atoms with Crippen LogP contribution in [0, 0.1) is 5.82 Å². The quantitative estimate of drug-likeness (QED) is 0.442.